The SMILES string of the molecule is Cc1cc(NC(=O)N(C)CC(=O)NC(C)(C)C)no1. The Bertz CT molecular complexity index is 462. The summed E-state index contributed by atoms with van der Waals surface area (Å²) in [6.07, 6.45) is 0. The van der Waals surface area contributed by atoms with Crippen LogP contribution in [0.5, 0.6) is 0 Å². The molecule has 0 atom stereocenters. The molecule has 0 aliphatic carbocycles. The number of nitrogens with one attached hydrogen (secondary N) is 2. The third kappa shape index (κ3) is 5.41. The Morgan fingerprint density at radius 3 is 2.53 bits per heavy atom. The van der Waals surface area contributed by atoms with Crippen LogP contribution in [0.2, 0.25) is 0 Å². The molecule has 0 spiro atoms. The Labute approximate surface area is 112 Å². The van der Waals surface area contributed by atoms with Gasteiger partial charge in [-0.05, 0) is 27.7 Å². The first-order chi connectivity index (χ1) is 8.67. The molecule has 0 aliphatic heterocycles. The van der Waals surface area contributed by atoms with E-state index in [-0.39, 0.29) is 18.0 Å². The van der Waals surface area contributed by atoms with E-state index in [0.29, 0.717) is 11.6 Å². The van der Waals surface area contributed by atoms with Gasteiger partial charge < -0.3 is 14.7 Å². The van der Waals surface area contributed by atoms with Crippen molar-refractivity contribution in [3.8, 4) is 0 Å². The molecule has 1 aromatic heterocycles. The number of aromatic nitrogens is 1. The average molecular weight is 268 g/mol. The second-order valence-corrected chi connectivity index (χ2v) is 5.41. The first kappa shape index (κ1) is 15.0. The summed E-state index contributed by atoms with van der Waals surface area (Å²) >= 11 is 0. The number of hydrogen-bond donors (Lipinski definition) is 2. The van der Waals surface area contributed by atoms with Crippen molar-refractivity contribution >= 4 is 17.8 Å². The minimum atomic E-state index is -0.419. The molecule has 0 unspecified atom stereocenters. The Balaban J connectivity index is 2.47. The molecule has 19 heavy (non-hydrogen) atoms. The molecule has 2 N–H and O–H groups in total. The van der Waals surface area contributed by atoms with Crippen LogP contribution in [-0.2, 0) is 4.79 Å². The monoisotopic (exact) mass is 268 g/mol. The van der Waals surface area contributed by atoms with E-state index in [2.05, 4.69) is 15.8 Å². The topological polar surface area (TPSA) is 87.5 Å². The van der Waals surface area contributed by atoms with Crippen molar-refractivity contribution in [2.75, 3.05) is 18.9 Å². The van der Waals surface area contributed by atoms with Gasteiger partial charge in [-0.25, -0.2) is 4.79 Å². The summed E-state index contributed by atoms with van der Waals surface area (Å²) in [5.41, 5.74) is -0.322. The zero-order valence-corrected chi connectivity index (χ0v) is 11.9. The first-order valence-corrected chi connectivity index (χ1v) is 5.94. The van der Waals surface area contributed by atoms with Gasteiger partial charge in [-0.3, -0.25) is 10.1 Å². The lowest BCUT2D eigenvalue weighted by atomic mass is 10.1. The van der Waals surface area contributed by atoms with Crippen molar-refractivity contribution in [1.29, 1.82) is 0 Å². The van der Waals surface area contributed by atoms with Crippen molar-refractivity contribution in [3.63, 3.8) is 0 Å². The van der Waals surface area contributed by atoms with Gasteiger partial charge in [0.15, 0.2) is 5.82 Å². The van der Waals surface area contributed by atoms with E-state index in [9.17, 15) is 9.59 Å². The van der Waals surface area contributed by atoms with E-state index in [1.54, 1.807) is 13.0 Å². The molecule has 0 aromatic carbocycles. The van der Waals surface area contributed by atoms with E-state index >= 15 is 0 Å². The van der Waals surface area contributed by atoms with Crippen molar-refractivity contribution in [1.82, 2.24) is 15.4 Å². The molecule has 0 aliphatic rings. The van der Waals surface area contributed by atoms with Crippen LogP contribution in [0.3, 0.4) is 0 Å². The third-order valence-corrected chi connectivity index (χ3v) is 2.10. The van der Waals surface area contributed by atoms with Crippen LogP contribution in [0.15, 0.2) is 10.6 Å². The van der Waals surface area contributed by atoms with E-state index in [0.717, 1.165) is 0 Å². The minimum absolute atomic E-state index is 0.0278. The van der Waals surface area contributed by atoms with E-state index in [1.807, 2.05) is 20.8 Å². The Morgan fingerprint density at radius 2 is 2.05 bits per heavy atom. The lowest BCUT2D eigenvalue weighted by molar-refractivity contribution is -0.122. The average Bonchev–Trinajstić information content (AvgIpc) is 2.60. The molecule has 1 heterocycles. The van der Waals surface area contributed by atoms with Crippen LogP contribution in [0.25, 0.3) is 0 Å². The van der Waals surface area contributed by atoms with Crippen LogP contribution in [0.4, 0.5) is 10.6 Å². The van der Waals surface area contributed by atoms with Gasteiger partial charge in [-0.1, -0.05) is 5.16 Å². The van der Waals surface area contributed by atoms with Crippen molar-refractivity contribution in [2.45, 2.75) is 33.2 Å². The summed E-state index contributed by atoms with van der Waals surface area (Å²) in [7, 11) is 1.53. The Morgan fingerprint density at radius 1 is 1.42 bits per heavy atom. The van der Waals surface area contributed by atoms with Crippen LogP contribution in [0.1, 0.15) is 26.5 Å². The zero-order chi connectivity index (χ0) is 14.6. The molecule has 0 fully saturated rings. The molecule has 7 heteroatoms. The molecule has 0 radical (unpaired) electrons. The third-order valence-electron chi connectivity index (χ3n) is 2.10. The fraction of sp³-hybridized carbons (Fsp3) is 0.583. The summed E-state index contributed by atoms with van der Waals surface area (Å²) in [6, 6.07) is 1.18. The first-order valence-electron chi connectivity index (χ1n) is 5.94. The number of nitrogens with zero attached hydrogens (tertiary/aromatic N) is 2. The van der Waals surface area contributed by atoms with Gasteiger partial charge in [0.2, 0.25) is 5.91 Å². The second-order valence-electron chi connectivity index (χ2n) is 5.41. The van der Waals surface area contributed by atoms with E-state index in [1.165, 1.54) is 11.9 Å². The predicted molar refractivity (Wildman–Crippen MR) is 70.8 cm³/mol. The van der Waals surface area contributed by atoms with Crippen LogP contribution in [-0.4, -0.2) is 41.1 Å². The summed E-state index contributed by atoms with van der Waals surface area (Å²) in [5, 5.41) is 8.95. The number of likely N-dealkylation sites (N-methyl/N-ethyl adjacent to an activating group) is 1. The summed E-state index contributed by atoms with van der Waals surface area (Å²) in [6.45, 7) is 7.33. The second kappa shape index (κ2) is 5.73. The lowest BCUT2D eigenvalue weighted by Gasteiger charge is -2.23. The van der Waals surface area contributed by atoms with Crippen molar-refractivity contribution in [3.05, 3.63) is 11.8 Å². The number of aryl methyl sites for hydroxylation is 1. The molecule has 106 valence electrons. The van der Waals surface area contributed by atoms with Gasteiger partial charge in [0.25, 0.3) is 0 Å². The predicted octanol–water partition coefficient (Wildman–Crippen LogP) is 1.36. The van der Waals surface area contributed by atoms with Crippen molar-refractivity contribution in [2.24, 2.45) is 0 Å². The lowest BCUT2D eigenvalue weighted by Crippen LogP contribution is -2.47. The van der Waals surface area contributed by atoms with Crippen LogP contribution in [0, 0.1) is 6.92 Å². The normalized spacial score (nSPS) is 11.0. The molecule has 0 saturated heterocycles. The van der Waals surface area contributed by atoms with Gasteiger partial charge in [0.1, 0.15) is 12.3 Å². The highest BCUT2D eigenvalue weighted by atomic mass is 16.5. The summed E-state index contributed by atoms with van der Waals surface area (Å²) < 4.78 is 4.83. The van der Waals surface area contributed by atoms with Gasteiger partial charge >= 0.3 is 6.03 Å². The molecular weight excluding hydrogens is 248 g/mol. The Hall–Kier alpha value is -2.05. The standard InChI is InChI=1S/C12H20N4O3/c1-8-6-9(15-19-8)13-11(18)16(5)7-10(17)14-12(2,3)4/h6H,7H2,1-5H3,(H,14,17)(H,13,15,18). The molecule has 0 bridgehead atoms. The summed E-state index contributed by atoms with van der Waals surface area (Å²) in [4.78, 5) is 24.7. The number of urea groups is 1. The van der Waals surface area contributed by atoms with Gasteiger partial charge in [0, 0.05) is 18.7 Å². The van der Waals surface area contributed by atoms with Gasteiger partial charge in [-0.15, -0.1) is 0 Å². The fourth-order valence-corrected chi connectivity index (χ4v) is 1.38. The summed E-state index contributed by atoms with van der Waals surface area (Å²) in [5.74, 6) is 0.704. The van der Waals surface area contributed by atoms with Crippen LogP contribution >= 0.6 is 0 Å². The number of amides is 3. The number of hydrogen-bond acceptors (Lipinski definition) is 4. The minimum Gasteiger partial charge on any atom is -0.360 e. The molecule has 1 aromatic rings. The van der Waals surface area contributed by atoms with Gasteiger partial charge in [0.05, 0.1) is 0 Å². The number of anilines is 1. The maximum absolute atomic E-state index is 11.8. The van der Waals surface area contributed by atoms with Crippen molar-refractivity contribution < 1.29 is 14.1 Å². The van der Waals surface area contributed by atoms with Gasteiger partial charge in [-0.2, -0.15) is 0 Å². The molecule has 1 rings (SSSR count). The maximum Gasteiger partial charge on any atom is 0.323 e. The molecular formula is C12H20N4O3. The Kier molecular flexibility index (Phi) is 4.52. The quantitative estimate of drug-likeness (QED) is 0.866. The smallest absolute Gasteiger partial charge is 0.323 e. The highest BCUT2D eigenvalue weighted by Gasteiger charge is 2.18. The van der Waals surface area contributed by atoms with E-state index < -0.39 is 6.03 Å². The van der Waals surface area contributed by atoms with Crippen LogP contribution < -0.4 is 10.6 Å². The fourth-order valence-electron chi connectivity index (χ4n) is 1.38. The highest BCUT2D eigenvalue weighted by molar-refractivity contribution is 5.91. The number of rotatable bonds is 3. The largest absolute Gasteiger partial charge is 0.360 e. The highest BCUT2D eigenvalue weighted by Crippen LogP contribution is 2.07. The molecule has 3 amide bonds. The number of carbonyl (C=O) groups is 2. The maximum atomic E-state index is 11.8. The number of carbonyl (C=O) groups excluding carboxylic acids is 2. The molecule has 0 saturated carbocycles. The zero-order valence-electron chi connectivity index (χ0n) is 11.9. The van der Waals surface area contributed by atoms with E-state index in [4.69, 9.17) is 4.52 Å². The molecule has 7 nitrogen and oxygen atoms in total.